The Hall–Kier alpha value is -0.0900. The minimum Gasteiger partial charge on any atom is -0.375 e. The van der Waals surface area contributed by atoms with Crippen LogP contribution >= 0.6 is 22.9 Å². The summed E-state index contributed by atoms with van der Waals surface area (Å²) < 4.78 is 6.20. The van der Waals surface area contributed by atoms with Crippen LogP contribution in [0, 0.1) is 5.92 Å². The van der Waals surface area contributed by atoms with Gasteiger partial charge in [0.25, 0.3) is 0 Å². The molecule has 2 nitrogen and oxygen atoms in total. The SMILES string of the molecule is CCCNC(c1sccc1Cl)C1CCOC2(CCCC2)C1. The summed E-state index contributed by atoms with van der Waals surface area (Å²) in [4.78, 5) is 1.32. The van der Waals surface area contributed by atoms with Crippen molar-refractivity contribution in [2.75, 3.05) is 13.2 Å². The fourth-order valence-corrected chi connectivity index (χ4v) is 5.36. The van der Waals surface area contributed by atoms with Crippen molar-refractivity contribution < 1.29 is 4.74 Å². The zero-order valence-corrected chi connectivity index (χ0v) is 14.4. The van der Waals surface area contributed by atoms with Crippen molar-refractivity contribution in [2.24, 2.45) is 5.92 Å². The summed E-state index contributed by atoms with van der Waals surface area (Å²) in [6.45, 7) is 4.20. The van der Waals surface area contributed by atoms with Crippen molar-refractivity contribution in [3.8, 4) is 0 Å². The Morgan fingerprint density at radius 3 is 2.95 bits per heavy atom. The third-order valence-electron chi connectivity index (χ3n) is 5.06. The second-order valence-corrected chi connectivity index (χ2v) is 7.91. The molecule has 1 saturated carbocycles. The van der Waals surface area contributed by atoms with Gasteiger partial charge in [-0.15, -0.1) is 11.3 Å². The molecule has 1 aromatic rings. The van der Waals surface area contributed by atoms with Gasteiger partial charge in [-0.3, -0.25) is 0 Å². The molecule has 1 saturated heterocycles. The molecule has 3 rings (SSSR count). The molecule has 1 aliphatic carbocycles. The number of ether oxygens (including phenoxy) is 1. The van der Waals surface area contributed by atoms with Crippen LogP contribution in [0.25, 0.3) is 0 Å². The lowest BCUT2D eigenvalue weighted by atomic mass is 9.80. The average molecular weight is 328 g/mol. The molecule has 2 fully saturated rings. The molecule has 2 atom stereocenters. The van der Waals surface area contributed by atoms with E-state index in [1.54, 1.807) is 11.3 Å². The van der Waals surface area contributed by atoms with E-state index in [2.05, 4.69) is 17.6 Å². The van der Waals surface area contributed by atoms with Gasteiger partial charge >= 0.3 is 0 Å². The van der Waals surface area contributed by atoms with Gasteiger partial charge in [-0.1, -0.05) is 31.4 Å². The smallest absolute Gasteiger partial charge is 0.0686 e. The number of rotatable bonds is 5. The number of thiophene rings is 1. The van der Waals surface area contributed by atoms with Crippen molar-refractivity contribution in [3.05, 3.63) is 21.3 Å². The molecule has 1 aliphatic heterocycles. The van der Waals surface area contributed by atoms with Gasteiger partial charge in [0.15, 0.2) is 0 Å². The molecule has 0 amide bonds. The number of halogens is 1. The Morgan fingerprint density at radius 1 is 1.48 bits per heavy atom. The van der Waals surface area contributed by atoms with Crippen LogP contribution in [0.1, 0.15) is 62.8 Å². The lowest BCUT2D eigenvalue weighted by Crippen LogP contribution is -2.42. The summed E-state index contributed by atoms with van der Waals surface area (Å²) in [5.74, 6) is 0.652. The molecular weight excluding hydrogens is 302 g/mol. The molecule has 2 heterocycles. The van der Waals surface area contributed by atoms with Crippen molar-refractivity contribution in [1.29, 1.82) is 0 Å². The maximum Gasteiger partial charge on any atom is 0.0686 e. The standard InChI is InChI=1S/C17H26ClNOS/c1-2-9-19-15(16-14(18)6-11-21-16)13-5-10-20-17(12-13)7-3-4-8-17/h6,11,13,15,19H,2-5,7-10,12H2,1H3. The lowest BCUT2D eigenvalue weighted by molar-refractivity contribution is -0.0980. The highest BCUT2D eigenvalue weighted by molar-refractivity contribution is 7.10. The van der Waals surface area contributed by atoms with E-state index in [9.17, 15) is 0 Å². The molecule has 1 spiro atoms. The first-order valence-corrected chi connectivity index (χ1v) is 9.60. The van der Waals surface area contributed by atoms with Crippen LogP contribution in [-0.4, -0.2) is 18.8 Å². The third kappa shape index (κ3) is 3.47. The normalized spacial score (nSPS) is 26.3. The zero-order chi connectivity index (χ0) is 14.7. The van der Waals surface area contributed by atoms with E-state index in [-0.39, 0.29) is 5.60 Å². The minimum absolute atomic E-state index is 0.179. The number of nitrogens with one attached hydrogen (secondary N) is 1. The minimum atomic E-state index is 0.179. The highest BCUT2D eigenvalue weighted by Gasteiger charge is 2.42. The quantitative estimate of drug-likeness (QED) is 0.804. The first kappa shape index (κ1) is 15.8. The second-order valence-electron chi connectivity index (χ2n) is 6.56. The van der Waals surface area contributed by atoms with E-state index in [0.29, 0.717) is 12.0 Å². The van der Waals surface area contributed by atoms with Crippen LogP contribution in [-0.2, 0) is 4.74 Å². The first-order valence-electron chi connectivity index (χ1n) is 8.34. The van der Waals surface area contributed by atoms with E-state index in [0.717, 1.165) is 31.0 Å². The molecule has 4 heteroatoms. The topological polar surface area (TPSA) is 21.3 Å². The molecule has 1 N–H and O–H groups in total. The molecule has 1 aromatic heterocycles. The maximum absolute atomic E-state index is 6.42. The highest BCUT2D eigenvalue weighted by Crippen LogP contribution is 2.46. The summed E-state index contributed by atoms with van der Waals surface area (Å²) in [5.41, 5.74) is 0.179. The van der Waals surface area contributed by atoms with Crippen molar-refractivity contribution in [1.82, 2.24) is 5.32 Å². The van der Waals surface area contributed by atoms with Gasteiger partial charge in [0, 0.05) is 17.5 Å². The predicted octanol–water partition coefficient (Wildman–Crippen LogP) is 5.18. The van der Waals surface area contributed by atoms with E-state index in [4.69, 9.17) is 16.3 Å². The van der Waals surface area contributed by atoms with Gasteiger partial charge < -0.3 is 10.1 Å². The van der Waals surface area contributed by atoms with Crippen LogP contribution in [0.5, 0.6) is 0 Å². The van der Waals surface area contributed by atoms with Crippen LogP contribution in [0.4, 0.5) is 0 Å². The Kier molecular flexibility index (Phi) is 5.26. The largest absolute Gasteiger partial charge is 0.375 e. The van der Waals surface area contributed by atoms with Gasteiger partial charge in [0.1, 0.15) is 0 Å². The fraction of sp³-hybridized carbons (Fsp3) is 0.765. The van der Waals surface area contributed by atoms with Crippen molar-refractivity contribution in [3.63, 3.8) is 0 Å². The van der Waals surface area contributed by atoms with Crippen LogP contribution in [0.15, 0.2) is 11.4 Å². The lowest BCUT2D eigenvalue weighted by Gasteiger charge is -2.41. The van der Waals surface area contributed by atoms with E-state index in [1.165, 1.54) is 37.0 Å². The molecule has 21 heavy (non-hydrogen) atoms. The summed E-state index contributed by atoms with van der Waals surface area (Å²) in [7, 11) is 0. The molecule has 0 radical (unpaired) electrons. The van der Waals surface area contributed by atoms with E-state index < -0.39 is 0 Å². The fourth-order valence-electron chi connectivity index (χ4n) is 4.02. The van der Waals surface area contributed by atoms with Gasteiger partial charge in [-0.25, -0.2) is 0 Å². The Morgan fingerprint density at radius 2 is 2.29 bits per heavy atom. The molecule has 2 aliphatic rings. The molecule has 118 valence electrons. The van der Waals surface area contributed by atoms with E-state index >= 15 is 0 Å². The average Bonchev–Trinajstić information content (AvgIpc) is 3.10. The van der Waals surface area contributed by atoms with Crippen LogP contribution in [0.2, 0.25) is 5.02 Å². The first-order chi connectivity index (χ1) is 10.2. The molecular formula is C17H26ClNOS. The number of hydrogen-bond acceptors (Lipinski definition) is 3. The highest BCUT2D eigenvalue weighted by atomic mass is 35.5. The maximum atomic E-state index is 6.42. The van der Waals surface area contributed by atoms with E-state index in [1.807, 2.05) is 6.07 Å². The van der Waals surface area contributed by atoms with Crippen LogP contribution < -0.4 is 5.32 Å². The van der Waals surface area contributed by atoms with Crippen molar-refractivity contribution >= 4 is 22.9 Å². The number of hydrogen-bond donors (Lipinski definition) is 1. The van der Waals surface area contributed by atoms with Gasteiger partial charge in [-0.2, -0.15) is 0 Å². The van der Waals surface area contributed by atoms with Gasteiger partial charge in [0.05, 0.1) is 10.6 Å². The van der Waals surface area contributed by atoms with Crippen molar-refractivity contribution in [2.45, 2.75) is 63.5 Å². The Bertz CT molecular complexity index is 455. The Balaban J connectivity index is 1.77. The van der Waals surface area contributed by atoms with Gasteiger partial charge in [-0.05, 0) is 56.0 Å². The predicted molar refractivity (Wildman–Crippen MR) is 90.2 cm³/mol. The Labute approximate surface area is 137 Å². The monoisotopic (exact) mass is 327 g/mol. The van der Waals surface area contributed by atoms with Crippen LogP contribution in [0.3, 0.4) is 0 Å². The zero-order valence-electron chi connectivity index (χ0n) is 12.9. The summed E-state index contributed by atoms with van der Waals surface area (Å²) >= 11 is 8.22. The summed E-state index contributed by atoms with van der Waals surface area (Å²) in [5, 5.41) is 6.80. The second kappa shape index (κ2) is 6.99. The summed E-state index contributed by atoms with van der Waals surface area (Å²) in [6, 6.07) is 2.44. The molecule has 2 unspecified atom stereocenters. The molecule has 0 aromatic carbocycles. The molecule has 0 bridgehead atoms. The summed E-state index contributed by atoms with van der Waals surface area (Å²) in [6.07, 6.45) is 8.68. The van der Waals surface area contributed by atoms with Gasteiger partial charge in [0.2, 0.25) is 0 Å². The third-order valence-corrected chi connectivity index (χ3v) is 6.50.